The lowest BCUT2D eigenvalue weighted by Gasteiger charge is -2.23. The Labute approximate surface area is 104 Å². The highest BCUT2D eigenvalue weighted by atomic mass is 16.5. The van der Waals surface area contributed by atoms with Crippen LogP contribution in [0.2, 0.25) is 0 Å². The smallest absolute Gasteiger partial charge is 0.119 e. The molecular formula is C14H24N2O. The third kappa shape index (κ3) is 4.02. The van der Waals surface area contributed by atoms with Gasteiger partial charge in [-0.2, -0.15) is 0 Å². The van der Waals surface area contributed by atoms with Crippen LogP contribution in [0.4, 0.5) is 0 Å². The van der Waals surface area contributed by atoms with Crippen LogP contribution in [0.5, 0.6) is 5.75 Å². The van der Waals surface area contributed by atoms with Crippen LogP contribution in [0.3, 0.4) is 0 Å². The van der Waals surface area contributed by atoms with E-state index in [1.165, 1.54) is 12.0 Å². The summed E-state index contributed by atoms with van der Waals surface area (Å²) in [4.78, 5) is 0. The molecule has 0 spiro atoms. The van der Waals surface area contributed by atoms with Gasteiger partial charge in [-0.05, 0) is 37.0 Å². The fourth-order valence-electron chi connectivity index (χ4n) is 2.18. The molecule has 0 aromatic heterocycles. The molecule has 0 aliphatic carbocycles. The van der Waals surface area contributed by atoms with Gasteiger partial charge in [-0.1, -0.05) is 32.4 Å². The van der Waals surface area contributed by atoms with E-state index in [1.54, 1.807) is 0 Å². The molecule has 2 atom stereocenters. The third-order valence-electron chi connectivity index (χ3n) is 3.02. The maximum Gasteiger partial charge on any atom is 0.119 e. The summed E-state index contributed by atoms with van der Waals surface area (Å²) >= 11 is 0. The summed E-state index contributed by atoms with van der Waals surface area (Å²) in [5.41, 5.74) is 4.11. The molecule has 2 unspecified atom stereocenters. The molecular weight excluding hydrogens is 212 g/mol. The summed E-state index contributed by atoms with van der Waals surface area (Å²) in [6.07, 6.45) is 2.33. The lowest BCUT2D eigenvalue weighted by Crippen LogP contribution is -2.32. The molecule has 0 saturated heterocycles. The minimum Gasteiger partial charge on any atom is -0.494 e. The van der Waals surface area contributed by atoms with Gasteiger partial charge in [0, 0.05) is 6.04 Å². The Morgan fingerprint density at radius 2 is 2.12 bits per heavy atom. The molecule has 17 heavy (non-hydrogen) atoms. The van der Waals surface area contributed by atoms with Gasteiger partial charge in [0.15, 0.2) is 0 Å². The zero-order valence-corrected chi connectivity index (χ0v) is 11.1. The predicted octanol–water partition coefficient (Wildman–Crippen LogP) is 3.03. The molecule has 96 valence electrons. The molecule has 3 N–H and O–H groups in total. The quantitative estimate of drug-likeness (QED) is 0.565. The van der Waals surface area contributed by atoms with Gasteiger partial charge >= 0.3 is 0 Å². The van der Waals surface area contributed by atoms with Gasteiger partial charge in [0.1, 0.15) is 5.75 Å². The Bertz CT molecular complexity index is 328. The van der Waals surface area contributed by atoms with E-state index in [1.807, 2.05) is 19.1 Å². The summed E-state index contributed by atoms with van der Waals surface area (Å²) in [6.45, 7) is 7.10. The van der Waals surface area contributed by atoms with Crippen LogP contribution in [0.15, 0.2) is 24.3 Å². The molecule has 1 aromatic rings. The van der Waals surface area contributed by atoms with E-state index < -0.39 is 0 Å². The standard InChI is InChI=1S/C14H24N2O/c1-4-7-11(3)14(16-15)12-8-6-9-13(10-12)17-5-2/h6,8-11,14,16H,4-5,7,15H2,1-3H3. The molecule has 0 aliphatic heterocycles. The normalized spacial score (nSPS) is 14.4. The molecule has 3 heteroatoms. The molecule has 3 nitrogen and oxygen atoms in total. The highest BCUT2D eigenvalue weighted by Crippen LogP contribution is 2.27. The number of nitrogens with one attached hydrogen (secondary N) is 1. The fourth-order valence-corrected chi connectivity index (χ4v) is 2.18. The van der Waals surface area contributed by atoms with Gasteiger partial charge < -0.3 is 4.74 Å². The van der Waals surface area contributed by atoms with E-state index in [-0.39, 0.29) is 6.04 Å². The molecule has 0 radical (unpaired) electrons. The first-order valence-corrected chi connectivity index (χ1v) is 6.41. The molecule has 0 saturated carbocycles. The highest BCUT2D eigenvalue weighted by molar-refractivity contribution is 5.30. The van der Waals surface area contributed by atoms with Crippen LogP contribution in [0, 0.1) is 5.92 Å². The Morgan fingerprint density at radius 1 is 1.35 bits per heavy atom. The van der Waals surface area contributed by atoms with Gasteiger partial charge in [-0.15, -0.1) is 0 Å². The van der Waals surface area contributed by atoms with E-state index >= 15 is 0 Å². The number of rotatable bonds is 7. The lowest BCUT2D eigenvalue weighted by atomic mass is 9.91. The summed E-state index contributed by atoms with van der Waals surface area (Å²) in [5.74, 6) is 7.10. The monoisotopic (exact) mass is 236 g/mol. The largest absolute Gasteiger partial charge is 0.494 e. The van der Waals surface area contributed by atoms with Crippen LogP contribution in [-0.4, -0.2) is 6.61 Å². The molecule has 0 heterocycles. The number of hydrazine groups is 1. The van der Waals surface area contributed by atoms with Crippen LogP contribution in [0.25, 0.3) is 0 Å². The highest BCUT2D eigenvalue weighted by Gasteiger charge is 2.17. The van der Waals surface area contributed by atoms with Crippen LogP contribution in [0.1, 0.15) is 45.2 Å². The second-order valence-electron chi connectivity index (χ2n) is 4.42. The number of ether oxygens (including phenoxy) is 1. The topological polar surface area (TPSA) is 47.3 Å². The van der Waals surface area contributed by atoms with Crippen LogP contribution in [-0.2, 0) is 0 Å². The van der Waals surface area contributed by atoms with Crippen molar-refractivity contribution in [3.63, 3.8) is 0 Å². The van der Waals surface area contributed by atoms with Crippen LogP contribution >= 0.6 is 0 Å². The van der Waals surface area contributed by atoms with Crippen molar-refractivity contribution in [3.8, 4) is 5.75 Å². The Balaban J connectivity index is 2.83. The Kier molecular flexibility index (Phi) is 6.01. The number of hydrogen-bond donors (Lipinski definition) is 2. The maximum atomic E-state index is 5.67. The van der Waals surface area contributed by atoms with Gasteiger partial charge in [-0.25, -0.2) is 0 Å². The SMILES string of the molecule is CCCC(C)C(NN)c1cccc(OCC)c1. The van der Waals surface area contributed by atoms with E-state index in [2.05, 4.69) is 31.4 Å². The van der Waals surface area contributed by atoms with Gasteiger partial charge in [0.2, 0.25) is 0 Å². The van der Waals surface area contributed by atoms with E-state index in [4.69, 9.17) is 10.6 Å². The Morgan fingerprint density at radius 3 is 2.71 bits per heavy atom. The third-order valence-corrected chi connectivity index (χ3v) is 3.02. The first-order valence-electron chi connectivity index (χ1n) is 6.41. The van der Waals surface area contributed by atoms with E-state index in [9.17, 15) is 0 Å². The molecule has 0 bridgehead atoms. The second kappa shape index (κ2) is 7.30. The Hall–Kier alpha value is -1.06. The van der Waals surface area contributed by atoms with Crippen molar-refractivity contribution in [2.24, 2.45) is 11.8 Å². The number of nitrogens with two attached hydrogens (primary N) is 1. The number of benzene rings is 1. The minimum atomic E-state index is 0.190. The summed E-state index contributed by atoms with van der Waals surface area (Å²) < 4.78 is 5.51. The second-order valence-corrected chi connectivity index (χ2v) is 4.42. The first-order chi connectivity index (χ1) is 8.22. The maximum absolute atomic E-state index is 5.67. The lowest BCUT2D eigenvalue weighted by molar-refractivity contribution is 0.336. The summed E-state index contributed by atoms with van der Waals surface area (Å²) in [6, 6.07) is 8.35. The predicted molar refractivity (Wildman–Crippen MR) is 71.7 cm³/mol. The summed E-state index contributed by atoms with van der Waals surface area (Å²) in [5, 5.41) is 0. The zero-order chi connectivity index (χ0) is 12.7. The molecule has 0 fully saturated rings. The van der Waals surface area contributed by atoms with Gasteiger partial charge in [-0.3, -0.25) is 11.3 Å². The van der Waals surface area contributed by atoms with E-state index in [0.29, 0.717) is 12.5 Å². The zero-order valence-electron chi connectivity index (χ0n) is 11.1. The molecule has 0 aliphatic rings. The number of hydrogen-bond acceptors (Lipinski definition) is 3. The van der Waals surface area contributed by atoms with E-state index in [0.717, 1.165) is 12.2 Å². The van der Waals surface area contributed by atoms with Crippen molar-refractivity contribution >= 4 is 0 Å². The van der Waals surface area contributed by atoms with Crippen molar-refractivity contribution in [2.75, 3.05) is 6.61 Å². The molecule has 0 amide bonds. The fraction of sp³-hybridized carbons (Fsp3) is 0.571. The molecule has 1 aromatic carbocycles. The minimum absolute atomic E-state index is 0.190. The van der Waals surface area contributed by atoms with Crippen molar-refractivity contribution in [1.29, 1.82) is 0 Å². The average molecular weight is 236 g/mol. The average Bonchev–Trinajstić information content (AvgIpc) is 2.31. The summed E-state index contributed by atoms with van der Waals surface area (Å²) in [7, 11) is 0. The first kappa shape index (κ1) is 14.0. The van der Waals surface area contributed by atoms with Crippen molar-refractivity contribution in [1.82, 2.24) is 5.43 Å². The van der Waals surface area contributed by atoms with Gasteiger partial charge in [0.25, 0.3) is 0 Å². The van der Waals surface area contributed by atoms with Gasteiger partial charge in [0.05, 0.1) is 6.61 Å². The van der Waals surface area contributed by atoms with Crippen molar-refractivity contribution in [2.45, 2.75) is 39.7 Å². The van der Waals surface area contributed by atoms with Crippen molar-refractivity contribution in [3.05, 3.63) is 29.8 Å². The van der Waals surface area contributed by atoms with Crippen LogP contribution < -0.4 is 16.0 Å². The van der Waals surface area contributed by atoms with Crippen molar-refractivity contribution < 1.29 is 4.74 Å². The molecule has 1 rings (SSSR count).